The maximum Gasteiger partial charge on any atom is 0.214 e. The van der Waals surface area contributed by atoms with E-state index in [1.54, 1.807) is 19.6 Å². The number of pyridine rings is 1. The van der Waals surface area contributed by atoms with E-state index < -0.39 is 0 Å². The largest absolute Gasteiger partial charge is 0.481 e. The number of anilines is 1. The van der Waals surface area contributed by atoms with Crippen LogP contribution in [0.2, 0.25) is 0 Å². The van der Waals surface area contributed by atoms with Crippen molar-refractivity contribution in [3.05, 3.63) is 36.4 Å². The first-order chi connectivity index (χ1) is 7.38. The van der Waals surface area contributed by atoms with E-state index in [0.717, 1.165) is 11.4 Å². The average Bonchev–Trinajstić information content (AvgIpc) is 2.79. The van der Waals surface area contributed by atoms with Crippen molar-refractivity contribution in [3.8, 4) is 5.88 Å². The molecular weight excluding hydrogens is 194 g/mol. The summed E-state index contributed by atoms with van der Waals surface area (Å²) in [5.74, 6) is 0.583. The minimum atomic E-state index is 0.583. The van der Waals surface area contributed by atoms with E-state index in [0.29, 0.717) is 12.4 Å². The van der Waals surface area contributed by atoms with E-state index in [1.807, 2.05) is 18.2 Å². The van der Waals surface area contributed by atoms with Crippen LogP contribution in [0.15, 0.2) is 35.2 Å². The number of rotatable bonds is 4. The van der Waals surface area contributed by atoms with E-state index in [1.165, 1.54) is 0 Å². The molecule has 0 saturated carbocycles. The number of hydrogen-bond donors (Lipinski definition) is 1. The molecule has 0 atom stereocenters. The number of aromatic nitrogens is 2. The minimum Gasteiger partial charge on any atom is -0.481 e. The van der Waals surface area contributed by atoms with E-state index in [9.17, 15) is 0 Å². The molecule has 15 heavy (non-hydrogen) atoms. The quantitative estimate of drug-likeness (QED) is 0.823. The van der Waals surface area contributed by atoms with Gasteiger partial charge in [-0.25, -0.2) is 4.98 Å². The molecule has 0 unspecified atom stereocenters. The number of methoxy groups -OCH3 is 1. The summed E-state index contributed by atoms with van der Waals surface area (Å²) in [6.45, 7) is 0.615. The highest BCUT2D eigenvalue weighted by atomic mass is 16.5. The predicted molar refractivity (Wildman–Crippen MR) is 54.6 cm³/mol. The van der Waals surface area contributed by atoms with Crippen molar-refractivity contribution in [2.45, 2.75) is 6.54 Å². The second-order valence-electron chi connectivity index (χ2n) is 2.93. The second kappa shape index (κ2) is 4.45. The molecule has 78 valence electrons. The van der Waals surface area contributed by atoms with Crippen LogP contribution < -0.4 is 10.1 Å². The summed E-state index contributed by atoms with van der Waals surface area (Å²) in [6.07, 6.45) is 3.23. The van der Waals surface area contributed by atoms with Gasteiger partial charge in [0.05, 0.1) is 13.7 Å². The van der Waals surface area contributed by atoms with E-state index >= 15 is 0 Å². The first-order valence-electron chi connectivity index (χ1n) is 4.51. The lowest BCUT2D eigenvalue weighted by molar-refractivity contribution is 0.398. The highest BCUT2D eigenvalue weighted by Gasteiger charge is 1.98. The fourth-order valence-corrected chi connectivity index (χ4v) is 1.15. The molecule has 0 bridgehead atoms. The van der Waals surface area contributed by atoms with Crippen LogP contribution in [-0.4, -0.2) is 17.3 Å². The zero-order chi connectivity index (χ0) is 10.5. The molecule has 0 aliphatic rings. The van der Waals surface area contributed by atoms with Gasteiger partial charge in [-0.1, -0.05) is 5.16 Å². The normalized spacial score (nSPS) is 9.93. The Morgan fingerprint density at radius 2 is 2.40 bits per heavy atom. The van der Waals surface area contributed by atoms with Crippen molar-refractivity contribution in [1.82, 2.24) is 10.1 Å². The summed E-state index contributed by atoms with van der Waals surface area (Å²) in [7, 11) is 1.59. The molecule has 5 nitrogen and oxygen atoms in total. The average molecular weight is 205 g/mol. The molecule has 1 N–H and O–H groups in total. The van der Waals surface area contributed by atoms with Crippen LogP contribution in [-0.2, 0) is 6.54 Å². The number of ether oxygens (including phenoxy) is 1. The minimum absolute atomic E-state index is 0.583. The molecule has 0 saturated heterocycles. The number of hydrogen-bond acceptors (Lipinski definition) is 5. The second-order valence-corrected chi connectivity index (χ2v) is 2.93. The molecule has 0 aliphatic carbocycles. The Balaban J connectivity index is 1.98. The molecule has 2 heterocycles. The molecule has 0 spiro atoms. The molecule has 0 fully saturated rings. The topological polar surface area (TPSA) is 60.2 Å². The van der Waals surface area contributed by atoms with Gasteiger partial charge in [-0.2, -0.15) is 0 Å². The van der Waals surface area contributed by atoms with Gasteiger partial charge in [-0.05, 0) is 6.07 Å². The molecule has 2 aromatic rings. The monoisotopic (exact) mass is 205 g/mol. The molecule has 5 heteroatoms. The van der Waals surface area contributed by atoms with Crippen molar-refractivity contribution in [2.75, 3.05) is 12.4 Å². The Morgan fingerprint density at radius 1 is 1.47 bits per heavy atom. The van der Waals surface area contributed by atoms with Crippen LogP contribution in [0.3, 0.4) is 0 Å². The van der Waals surface area contributed by atoms with Crippen LogP contribution in [0.4, 0.5) is 5.69 Å². The van der Waals surface area contributed by atoms with Crippen LogP contribution in [0.5, 0.6) is 5.88 Å². The summed E-state index contributed by atoms with van der Waals surface area (Å²) in [4.78, 5) is 4.01. The van der Waals surface area contributed by atoms with Crippen LogP contribution in [0.1, 0.15) is 5.69 Å². The lowest BCUT2D eigenvalue weighted by atomic mass is 10.3. The summed E-state index contributed by atoms with van der Waals surface area (Å²) >= 11 is 0. The van der Waals surface area contributed by atoms with E-state index in [-0.39, 0.29) is 0 Å². The summed E-state index contributed by atoms with van der Waals surface area (Å²) in [5.41, 5.74) is 1.79. The standard InChI is InChI=1S/C10H11N3O2/c1-14-10-6-8(2-4-11-10)12-7-9-3-5-15-13-9/h2-6H,7H2,1H3,(H,11,12). The van der Waals surface area contributed by atoms with Gasteiger partial charge in [0.25, 0.3) is 0 Å². The maximum atomic E-state index is 5.01. The molecule has 0 aromatic carbocycles. The highest BCUT2D eigenvalue weighted by Crippen LogP contribution is 2.13. The number of nitrogens with one attached hydrogen (secondary N) is 1. The third-order valence-electron chi connectivity index (χ3n) is 1.91. The molecule has 0 amide bonds. The Hall–Kier alpha value is -2.04. The summed E-state index contributed by atoms with van der Waals surface area (Å²) in [6, 6.07) is 5.49. The van der Waals surface area contributed by atoms with Crippen molar-refractivity contribution in [2.24, 2.45) is 0 Å². The lowest BCUT2D eigenvalue weighted by Gasteiger charge is -2.04. The molecule has 2 aromatic heterocycles. The predicted octanol–water partition coefficient (Wildman–Crippen LogP) is 1.69. The van der Waals surface area contributed by atoms with Gasteiger partial charge >= 0.3 is 0 Å². The SMILES string of the molecule is COc1cc(NCc2ccon2)ccn1. The molecule has 2 rings (SSSR count). The van der Waals surface area contributed by atoms with E-state index in [4.69, 9.17) is 9.26 Å². The Labute approximate surface area is 87.1 Å². The van der Waals surface area contributed by atoms with Crippen molar-refractivity contribution < 1.29 is 9.26 Å². The maximum absolute atomic E-state index is 5.01. The number of nitrogens with zero attached hydrogens (tertiary/aromatic N) is 2. The van der Waals surface area contributed by atoms with Crippen molar-refractivity contribution in [1.29, 1.82) is 0 Å². The van der Waals surface area contributed by atoms with Crippen LogP contribution in [0, 0.1) is 0 Å². The third-order valence-corrected chi connectivity index (χ3v) is 1.91. The Morgan fingerprint density at radius 3 is 3.13 bits per heavy atom. The van der Waals surface area contributed by atoms with Gasteiger partial charge in [0.1, 0.15) is 12.0 Å². The molecular formula is C10H11N3O2. The molecule has 0 radical (unpaired) electrons. The van der Waals surface area contributed by atoms with Gasteiger partial charge in [0.15, 0.2) is 0 Å². The van der Waals surface area contributed by atoms with Gasteiger partial charge in [-0.15, -0.1) is 0 Å². The van der Waals surface area contributed by atoms with Gasteiger partial charge < -0.3 is 14.6 Å². The van der Waals surface area contributed by atoms with E-state index in [2.05, 4.69) is 15.5 Å². The van der Waals surface area contributed by atoms with Crippen LogP contribution in [0.25, 0.3) is 0 Å². The lowest BCUT2D eigenvalue weighted by Crippen LogP contribution is -2.00. The fraction of sp³-hybridized carbons (Fsp3) is 0.200. The Kier molecular flexibility index (Phi) is 2.82. The first-order valence-corrected chi connectivity index (χ1v) is 4.51. The summed E-state index contributed by atoms with van der Waals surface area (Å²) in [5, 5.41) is 6.97. The highest BCUT2D eigenvalue weighted by molar-refractivity contribution is 5.45. The fourth-order valence-electron chi connectivity index (χ4n) is 1.15. The van der Waals surface area contributed by atoms with Crippen LogP contribution >= 0.6 is 0 Å². The summed E-state index contributed by atoms with van der Waals surface area (Å²) < 4.78 is 9.73. The van der Waals surface area contributed by atoms with Gasteiger partial charge in [0.2, 0.25) is 5.88 Å². The van der Waals surface area contributed by atoms with Crippen molar-refractivity contribution in [3.63, 3.8) is 0 Å². The van der Waals surface area contributed by atoms with Gasteiger partial charge in [-0.3, -0.25) is 0 Å². The van der Waals surface area contributed by atoms with Crippen molar-refractivity contribution >= 4 is 5.69 Å². The smallest absolute Gasteiger partial charge is 0.214 e. The van der Waals surface area contributed by atoms with Gasteiger partial charge in [0, 0.05) is 24.0 Å². The Bertz CT molecular complexity index is 414. The zero-order valence-corrected chi connectivity index (χ0v) is 8.30. The first kappa shape index (κ1) is 9.51. The third kappa shape index (κ3) is 2.46. The molecule has 0 aliphatic heterocycles. The zero-order valence-electron chi connectivity index (χ0n) is 8.30.